The Morgan fingerprint density at radius 2 is 1.90 bits per heavy atom. The van der Waals surface area contributed by atoms with Crippen molar-refractivity contribution < 1.29 is 4.79 Å². The Labute approximate surface area is 120 Å². The van der Waals surface area contributed by atoms with E-state index in [9.17, 15) is 4.79 Å². The molecule has 2 N–H and O–H groups in total. The van der Waals surface area contributed by atoms with E-state index in [2.05, 4.69) is 11.9 Å². The van der Waals surface area contributed by atoms with E-state index >= 15 is 0 Å². The molecule has 110 valence electrons. The van der Waals surface area contributed by atoms with Crippen LogP contribution in [0.2, 0.25) is 0 Å². The molecule has 1 aromatic carbocycles. The summed E-state index contributed by atoms with van der Waals surface area (Å²) in [6.45, 7) is 4.44. The zero-order valence-electron chi connectivity index (χ0n) is 12.4. The predicted molar refractivity (Wildman–Crippen MR) is 81.7 cm³/mol. The number of nitrogens with zero attached hydrogens (tertiary/aromatic N) is 3. The lowest BCUT2D eigenvalue weighted by Gasteiger charge is -2.34. The molecule has 2 rings (SSSR count). The Balaban J connectivity index is 1.97. The molecule has 0 unspecified atom stereocenters. The van der Waals surface area contributed by atoms with Crippen LogP contribution >= 0.6 is 0 Å². The first-order valence-corrected chi connectivity index (χ1v) is 7.07. The number of carbonyl (C=O) groups excluding carboxylic acids is 1. The van der Waals surface area contributed by atoms with E-state index in [1.807, 2.05) is 41.1 Å². The summed E-state index contributed by atoms with van der Waals surface area (Å²) < 4.78 is 0. The number of likely N-dealkylation sites (N-methyl/N-ethyl adjacent to an activating group) is 2. The van der Waals surface area contributed by atoms with Gasteiger partial charge in [-0.05, 0) is 18.7 Å². The van der Waals surface area contributed by atoms with Crippen molar-refractivity contribution in [2.75, 3.05) is 51.7 Å². The minimum Gasteiger partial charge on any atom is -0.365 e. The quantitative estimate of drug-likeness (QED) is 0.862. The summed E-state index contributed by atoms with van der Waals surface area (Å²) in [7, 11) is 4.04. The number of amides is 1. The number of carbonyl (C=O) groups is 1. The molecular weight excluding hydrogens is 252 g/mol. The second kappa shape index (κ2) is 6.72. The van der Waals surface area contributed by atoms with Gasteiger partial charge in [-0.2, -0.15) is 0 Å². The maximum Gasteiger partial charge on any atom is 0.242 e. The van der Waals surface area contributed by atoms with E-state index < -0.39 is 0 Å². The molecular formula is C15H24N4O. The molecule has 1 aliphatic rings. The maximum atomic E-state index is 12.3. The highest BCUT2D eigenvalue weighted by molar-refractivity contribution is 5.81. The Morgan fingerprint density at radius 1 is 1.25 bits per heavy atom. The third kappa shape index (κ3) is 3.49. The van der Waals surface area contributed by atoms with Crippen LogP contribution in [0.4, 0.5) is 5.69 Å². The normalized spacial score (nSPS) is 16.2. The van der Waals surface area contributed by atoms with Crippen LogP contribution in [0.3, 0.4) is 0 Å². The summed E-state index contributed by atoms with van der Waals surface area (Å²) in [4.78, 5) is 18.5. The first-order chi connectivity index (χ1) is 9.61. The van der Waals surface area contributed by atoms with Crippen LogP contribution in [0, 0.1) is 0 Å². The van der Waals surface area contributed by atoms with Gasteiger partial charge in [0.05, 0.1) is 6.54 Å². The molecule has 1 heterocycles. The minimum absolute atomic E-state index is 0.187. The fourth-order valence-electron chi connectivity index (χ4n) is 2.50. The topological polar surface area (TPSA) is 52.8 Å². The van der Waals surface area contributed by atoms with E-state index in [0.29, 0.717) is 13.1 Å². The van der Waals surface area contributed by atoms with Crippen LogP contribution in [-0.4, -0.2) is 62.5 Å². The zero-order chi connectivity index (χ0) is 14.5. The summed E-state index contributed by atoms with van der Waals surface area (Å²) >= 11 is 0. The molecule has 0 spiro atoms. The van der Waals surface area contributed by atoms with Gasteiger partial charge in [0.15, 0.2) is 0 Å². The molecule has 5 nitrogen and oxygen atoms in total. The first-order valence-electron chi connectivity index (χ1n) is 7.07. The molecule has 5 heteroatoms. The number of piperazine rings is 1. The van der Waals surface area contributed by atoms with Gasteiger partial charge in [0, 0.05) is 45.5 Å². The molecule has 0 atom stereocenters. The lowest BCUT2D eigenvalue weighted by molar-refractivity contribution is -0.131. The van der Waals surface area contributed by atoms with E-state index in [1.54, 1.807) is 0 Å². The molecule has 0 bridgehead atoms. The Kier molecular flexibility index (Phi) is 4.98. The number of nitrogens with two attached hydrogens (primary N) is 1. The van der Waals surface area contributed by atoms with Crippen molar-refractivity contribution >= 4 is 11.6 Å². The van der Waals surface area contributed by atoms with Gasteiger partial charge in [0.2, 0.25) is 5.91 Å². The second-order valence-electron chi connectivity index (χ2n) is 5.37. The highest BCUT2D eigenvalue weighted by Crippen LogP contribution is 2.18. The van der Waals surface area contributed by atoms with Crippen molar-refractivity contribution in [2.24, 2.45) is 5.73 Å². The number of para-hydroxylation sites is 1. The molecule has 0 aliphatic carbocycles. The van der Waals surface area contributed by atoms with Gasteiger partial charge >= 0.3 is 0 Å². The standard InChI is InChI=1S/C15H24N4O/c1-17-7-9-19(10-8-17)15(20)12-18(2)14-6-4-3-5-13(14)11-16/h3-6H,7-12,16H2,1-2H3. The molecule has 1 saturated heterocycles. The van der Waals surface area contributed by atoms with Gasteiger partial charge in [-0.3, -0.25) is 4.79 Å². The average Bonchev–Trinajstić information content (AvgIpc) is 2.47. The average molecular weight is 276 g/mol. The van der Waals surface area contributed by atoms with Crippen molar-refractivity contribution in [1.29, 1.82) is 0 Å². The molecule has 0 aromatic heterocycles. The van der Waals surface area contributed by atoms with Crippen LogP contribution in [0.15, 0.2) is 24.3 Å². The Hall–Kier alpha value is -1.59. The number of benzene rings is 1. The maximum absolute atomic E-state index is 12.3. The fourth-order valence-corrected chi connectivity index (χ4v) is 2.50. The lowest BCUT2D eigenvalue weighted by atomic mass is 10.1. The molecule has 0 radical (unpaired) electrons. The first kappa shape index (κ1) is 14.8. The van der Waals surface area contributed by atoms with Crippen molar-refractivity contribution in [3.63, 3.8) is 0 Å². The van der Waals surface area contributed by atoms with Gasteiger partial charge in [-0.25, -0.2) is 0 Å². The predicted octanol–water partition coefficient (Wildman–Crippen LogP) is 0.356. The number of rotatable bonds is 4. The second-order valence-corrected chi connectivity index (χ2v) is 5.37. The highest BCUT2D eigenvalue weighted by atomic mass is 16.2. The number of hydrogen-bond donors (Lipinski definition) is 1. The molecule has 20 heavy (non-hydrogen) atoms. The summed E-state index contributed by atoms with van der Waals surface area (Å²) in [5, 5.41) is 0. The van der Waals surface area contributed by atoms with E-state index in [4.69, 9.17) is 5.73 Å². The van der Waals surface area contributed by atoms with Gasteiger partial charge in [-0.1, -0.05) is 18.2 Å². The summed E-state index contributed by atoms with van der Waals surface area (Å²) in [6, 6.07) is 7.97. The lowest BCUT2D eigenvalue weighted by Crippen LogP contribution is -2.49. The van der Waals surface area contributed by atoms with Crippen molar-refractivity contribution in [3.05, 3.63) is 29.8 Å². The van der Waals surface area contributed by atoms with E-state index in [1.165, 1.54) is 0 Å². The minimum atomic E-state index is 0.187. The fraction of sp³-hybridized carbons (Fsp3) is 0.533. The molecule has 0 saturated carbocycles. The van der Waals surface area contributed by atoms with Crippen LogP contribution in [0.5, 0.6) is 0 Å². The van der Waals surface area contributed by atoms with Gasteiger partial charge in [0.25, 0.3) is 0 Å². The summed E-state index contributed by atoms with van der Waals surface area (Å²) in [5.74, 6) is 0.187. The summed E-state index contributed by atoms with van der Waals surface area (Å²) in [6.07, 6.45) is 0. The van der Waals surface area contributed by atoms with Crippen LogP contribution in [0.1, 0.15) is 5.56 Å². The third-order valence-corrected chi connectivity index (χ3v) is 3.85. The zero-order valence-corrected chi connectivity index (χ0v) is 12.4. The van der Waals surface area contributed by atoms with Gasteiger partial charge < -0.3 is 20.4 Å². The third-order valence-electron chi connectivity index (χ3n) is 3.85. The SMILES string of the molecule is CN1CCN(C(=O)CN(C)c2ccccc2CN)CC1. The number of hydrogen-bond acceptors (Lipinski definition) is 4. The van der Waals surface area contributed by atoms with Crippen molar-refractivity contribution in [2.45, 2.75) is 6.54 Å². The van der Waals surface area contributed by atoms with Gasteiger partial charge in [-0.15, -0.1) is 0 Å². The molecule has 1 amide bonds. The molecule has 1 aromatic rings. The Bertz CT molecular complexity index is 455. The monoisotopic (exact) mass is 276 g/mol. The van der Waals surface area contributed by atoms with E-state index in [-0.39, 0.29) is 5.91 Å². The van der Waals surface area contributed by atoms with Crippen molar-refractivity contribution in [3.8, 4) is 0 Å². The van der Waals surface area contributed by atoms with Crippen LogP contribution in [-0.2, 0) is 11.3 Å². The van der Waals surface area contributed by atoms with Crippen LogP contribution in [0.25, 0.3) is 0 Å². The smallest absolute Gasteiger partial charge is 0.242 e. The van der Waals surface area contributed by atoms with Crippen LogP contribution < -0.4 is 10.6 Å². The Morgan fingerprint density at radius 3 is 2.55 bits per heavy atom. The largest absolute Gasteiger partial charge is 0.365 e. The molecule has 1 fully saturated rings. The van der Waals surface area contributed by atoms with E-state index in [0.717, 1.165) is 37.4 Å². The van der Waals surface area contributed by atoms with Crippen molar-refractivity contribution in [1.82, 2.24) is 9.80 Å². The summed E-state index contributed by atoms with van der Waals surface area (Å²) in [5.41, 5.74) is 7.86. The molecule has 1 aliphatic heterocycles. The van der Waals surface area contributed by atoms with Gasteiger partial charge in [0.1, 0.15) is 0 Å². The number of anilines is 1. The highest BCUT2D eigenvalue weighted by Gasteiger charge is 2.20.